The van der Waals surface area contributed by atoms with Crippen LogP contribution in [0.1, 0.15) is 5.56 Å². The van der Waals surface area contributed by atoms with E-state index < -0.39 is 17.3 Å². The van der Waals surface area contributed by atoms with Crippen LogP contribution in [-0.2, 0) is 6.18 Å². The lowest BCUT2D eigenvalue weighted by Crippen LogP contribution is -2.47. The second kappa shape index (κ2) is 8.07. The summed E-state index contributed by atoms with van der Waals surface area (Å²) >= 11 is 6.40. The lowest BCUT2D eigenvalue weighted by molar-refractivity contribution is -0.137. The minimum atomic E-state index is -4.42. The fraction of sp³-hybridized carbons (Fsp3) is 0.238. The molecule has 0 bridgehead atoms. The molecule has 5 rings (SSSR count). The number of halogens is 4. The molecule has 0 aliphatic carbocycles. The maximum atomic E-state index is 12.9. The molecule has 0 spiro atoms. The third-order valence-corrected chi connectivity index (χ3v) is 5.85. The molecule has 3 aromatic heterocycles. The second-order valence-corrected chi connectivity index (χ2v) is 7.89. The Morgan fingerprint density at radius 2 is 1.70 bits per heavy atom. The van der Waals surface area contributed by atoms with Crippen molar-refractivity contribution in [1.29, 1.82) is 0 Å². The predicted octanol–water partition coefficient (Wildman–Crippen LogP) is 3.50. The number of alkyl halides is 3. The molecule has 12 heteroatoms. The Morgan fingerprint density at radius 1 is 0.970 bits per heavy atom. The van der Waals surface area contributed by atoms with Gasteiger partial charge in [0.2, 0.25) is 5.95 Å². The number of fused-ring (bicyclic) bond motifs is 1. The quantitative estimate of drug-likeness (QED) is 0.488. The molecule has 170 valence electrons. The van der Waals surface area contributed by atoms with Gasteiger partial charge in [-0.1, -0.05) is 23.7 Å². The summed E-state index contributed by atoms with van der Waals surface area (Å²) in [6.45, 7) is 2.00. The number of pyridine rings is 1. The Kier molecular flexibility index (Phi) is 5.20. The summed E-state index contributed by atoms with van der Waals surface area (Å²) in [6.07, 6.45) is -2.07. The van der Waals surface area contributed by atoms with Gasteiger partial charge in [0, 0.05) is 32.4 Å². The van der Waals surface area contributed by atoms with Gasteiger partial charge in [0.05, 0.1) is 28.5 Å². The number of rotatable bonds is 3. The largest absolute Gasteiger partial charge is 0.417 e. The summed E-state index contributed by atoms with van der Waals surface area (Å²) in [5.74, 6) is 0.736. The third-order valence-electron chi connectivity index (χ3n) is 5.50. The zero-order chi connectivity index (χ0) is 23.2. The van der Waals surface area contributed by atoms with Crippen molar-refractivity contribution in [2.75, 3.05) is 36.0 Å². The van der Waals surface area contributed by atoms with Gasteiger partial charge in [-0.05, 0) is 24.3 Å². The highest BCUT2D eigenvalue weighted by atomic mass is 35.5. The number of piperazine rings is 1. The normalized spacial score (nSPS) is 14.8. The van der Waals surface area contributed by atoms with Crippen LogP contribution in [0.4, 0.5) is 24.7 Å². The fourth-order valence-corrected chi connectivity index (χ4v) is 4.00. The van der Waals surface area contributed by atoms with Gasteiger partial charge in [-0.15, -0.1) is 0 Å². The van der Waals surface area contributed by atoms with Crippen LogP contribution in [0.15, 0.2) is 53.6 Å². The van der Waals surface area contributed by atoms with Gasteiger partial charge in [0.1, 0.15) is 10.8 Å². The van der Waals surface area contributed by atoms with Crippen molar-refractivity contribution in [3.05, 3.63) is 69.7 Å². The number of anilines is 2. The average Bonchev–Trinajstić information content (AvgIpc) is 3.24. The van der Waals surface area contributed by atoms with Crippen molar-refractivity contribution in [2.24, 2.45) is 0 Å². The Hall–Kier alpha value is -3.60. The second-order valence-electron chi connectivity index (χ2n) is 7.52. The smallest absolute Gasteiger partial charge is 0.365 e. The Balaban J connectivity index is 1.33. The Morgan fingerprint density at radius 3 is 2.36 bits per heavy atom. The molecule has 33 heavy (non-hydrogen) atoms. The molecular formula is C21H17ClF3N7O. The molecule has 0 atom stereocenters. The number of aromatic nitrogens is 5. The van der Waals surface area contributed by atoms with Gasteiger partial charge in [0.15, 0.2) is 0 Å². The molecule has 1 aromatic carbocycles. The SMILES string of the molecule is O=c1c(Cl)c(N2CCN(c3ccc(C(F)(F)F)cn3)CC2)cnn1-c1nc2ccccc2[nH]1. The molecule has 0 radical (unpaired) electrons. The molecular weight excluding hydrogens is 459 g/mol. The van der Waals surface area contributed by atoms with Gasteiger partial charge in [-0.3, -0.25) is 4.79 Å². The molecule has 0 saturated carbocycles. The molecule has 8 nitrogen and oxygen atoms in total. The molecule has 1 saturated heterocycles. The summed E-state index contributed by atoms with van der Waals surface area (Å²) in [6, 6.07) is 9.75. The maximum absolute atomic E-state index is 12.9. The summed E-state index contributed by atoms with van der Waals surface area (Å²) in [5, 5.41) is 4.26. The maximum Gasteiger partial charge on any atom is 0.417 e. The van der Waals surface area contributed by atoms with Crippen LogP contribution in [0, 0.1) is 0 Å². The number of hydrogen-bond acceptors (Lipinski definition) is 6. The molecule has 1 N–H and O–H groups in total. The van der Waals surface area contributed by atoms with E-state index in [0.717, 1.165) is 22.5 Å². The minimum absolute atomic E-state index is 0.0200. The number of H-pyrrole nitrogens is 1. The van der Waals surface area contributed by atoms with Crippen LogP contribution < -0.4 is 15.4 Å². The van der Waals surface area contributed by atoms with E-state index in [1.807, 2.05) is 34.1 Å². The number of aromatic amines is 1. The first kappa shape index (κ1) is 21.3. The van der Waals surface area contributed by atoms with E-state index >= 15 is 0 Å². The van der Waals surface area contributed by atoms with E-state index in [1.165, 1.54) is 12.3 Å². The van der Waals surface area contributed by atoms with E-state index in [-0.39, 0.29) is 11.0 Å². The van der Waals surface area contributed by atoms with Crippen molar-refractivity contribution in [3.63, 3.8) is 0 Å². The zero-order valence-electron chi connectivity index (χ0n) is 17.1. The summed E-state index contributed by atoms with van der Waals surface area (Å²) in [5.41, 5.74) is 0.686. The number of hydrogen-bond donors (Lipinski definition) is 1. The van der Waals surface area contributed by atoms with Crippen molar-refractivity contribution in [2.45, 2.75) is 6.18 Å². The van der Waals surface area contributed by atoms with Crippen molar-refractivity contribution in [3.8, 4) is 5.95 Å². The highest BCUT2D eigenvalue weighted by molar-refractivity contribution is 6.33. The summed E-state index contributed by atoms with van der Waals surface area (Å²) < 4.78 is 39.4. The van der Waals surface area contributed by atoms with Gasteiger partial charge in [-0.25, -0.2) is 9.97 Å². The zero-order valence-corrected chi connectivity index (χ0v) is 17.8. The van der Waals surface area contributed by atoms with E-state index in [9.17, 15) is 18.0 Å². The lowest BCUT2D eigenvalue weighted by atomic mass is 10.2. The van der Waals surface area contributed by atoms with Crippen molar-refractivity contribution in [1.82, 2.24) is 24.7 Å². The average molecular weight is 476 g/mol. The molecule has 1 fully saturated rings. The Bertz CT molecular complexity index is 1330. The molecule has 4 aromatic rings. The van der Waals surface area contributed by atoms with Crippen LogP contribution >= 0.6 is 11.6 Å². The molecule has 0 amide bonds. The van der Waals surface area contributed by atoms with Gasteiger partial charge >= 0.3 is 6.18 Å². The highest BCUT2D eigenvalue weighted by Crippen LogP contribution is 2.30. The van der Waals surface area contributed by atoms with Crippen LogP contribution in [-0.4, -0.2) is 50.9 Å². The van der Waals surface area contributed by atoms with E-state index in [0.29, 0.717) is 43.2 Å². The van der Waals surface area contributed by atoms with Gasteiger partial charge < -0.3 is 14.8 Å². The van der Waals surface area contributed by atoms with E-state index in [4.69, 9.17) is 11.6 Å². The minimum Gasteiger partial charge on any atom is -0.365 e. The highest BCUT2D eigenvalue weighted by Gasteiger charge is 2.31. The van der Waals surface area contributed by atoms with E-state index in [1.54, 1.807) is 0 Å². The number of imidazole rings is 1. The number of nitrogens with one attached hydrogen (secondary N) is 1. The Labute approximate surface area is 190 Å². The van der Waals surface area contributed by atoms with Crippen molar-refractivity contribution >= 4 is 34.1 Å². The fourth-order valence-electron chi connectivity index (χ4n) is 3.75. The number of para-hydroxylation sites is 2. The third kappa shape index (κ3) is 3.99. The molecule has 4 heterocycles. The van der Waals surface area contributed by atoms with Gasteiger partial charge in [-0.2, -0.15) is 23.0 Å². The van der Waals surface area contributed by atoms with Crippen molar-refractivity contribution < 1.29 is 13.2 Å². The van der Waals surface area contributed by atoms with Crippen LogP contribution in [0.2, 0.25) is 5.02 Å². The number of nitrogens with zero attached hydrogens (tertiary/aromatic N) is 6. The monoisotopic (exact) mass is 475 g/mol. The van der Waals surface area contributed by atoms with Crippen LogP contribution in [0.5, 0.6) is 0 Å². The molecule has 0 unspecified atom stereocenters. The molecule has 1 aliphatic rings. The lowest BCUT2D eigenvalue weighted by Gasteiger charge is -2.36. The standard InChI is InChI=1S/C21H17ClF3N7O/c22-18-16(12-27-32(19(18)33)20-28-14-3-1-2-4-15(14)29-20)30-7-9-31(10-8-30)17-6-5-13(11-26-17)21(23,24)25/h1-6,11-12H,7-10H2,(H,28,29). The van der Waals surface area contributed by atoms with Crippen LogP contribution in [0.25, 0.3) is 17.0 Å². The topological polar surface area (TPSA) is 82.9 Å². The van der Waals surface area contributed by atoms with Gasteiger partial charge in [0.25, 0.3) is 5.56 Å². The summed E-state index contributed by atoms with van der Waals surface area (Å²) in [7, 11) is 0. The number of benzene rings is 1. The predicted molar refractivity (Wildman–Crippen MR) is 118 cm³/mol. The first-order valence-electron chi connectivity index (χ1n) is 10.1. The first-order valence-corrected chi connectivity index (χ1v) is 10.4. The molecule has 1 aliphatic heterocycles. The van der Waals surface area contributed by atoms with Crippen LogP contribution in [0.3, 0.4) is 0 Å². The van der Waals surface area contributed by atoms with E-state index in [2.05, 4.69) is 20.1 Å². The first-order chi connectivity index (χ1) is 15.8. The summed E-state index contributed by atoms with van der Waals surface area (Å²) in [4.78, 5) is 28.1.